The number of ketones is 1. The Labute approximate surface area is 173 Å². The normalized spacial score (nSPS) is 16.7. The maximum atomic E-state index is 14.0. The van der Waals surface area contributed by atoms with Crippen LogP contribution in [0.5, 0.6) is 11.5 Å². The Kier molecular flexibility index (Phi) is 4.56. The van der Waals surface area contributed by atoms with Crippen LogP contribution in [0, 0.1) is 12.7 Å². The SMILES string of the molecule is Cc1c2c(cc3c1O/C(=C\c1ccccc1F)C3=O)CN(Cc1ccncc1)CO2. The van der Waals surface area contributed by atoms with Gasteiger partial charge in [-0.3, -0.25) is 14.7 Å². The number of Topliss-reactive ketones (excluding diaryl/α,β-unsaturated/α-hetero) is 1. The second-order valence-electron chi connectivity index (χ2n) is 7.44. The average molecular weight is 402 g/mol. The molecule has 1 aromatic heterocycles. The fraction of sp³-hybridized carbons (Fsp3) is 0.167. The van der Waals surface area contributed by atoms with Crippen molar-refractivity contribution in [2.24, 2.45) is 0 Å². The van der Waals surface area contributed by atoms with Gasteiger partial charge in [0.1, 0.15) is 24.0 Å². The van der Waals surface area contributed by atoms with Crippen LogP contribution in [0.15, 0.2) is 60.6 Å². The first-order valence-corrected chi connectivity index (χ1v) is 9.69. The highest BCUT2D eigenvalue weighted by molar-refractivity contribution is 6.15. The van der Waals surface area contributed by atoms with Crippen LogP contribution in [-0.2, 0) is 13.1 Å². The Bertz CT molecular complexity index is 1170. The molecule has 0 fully saturated rings. The molecule has 0 radical (unpaired) electrons. The highest BCUT2D eigenvalue weighted by atomic mass is 19.1. The summed E-state index contributed by atoms with van der Waals surface area (Å²) in [5.41, 5.74) is 3.68. The van der Waals surface area contributed by atoms with Gasteiger partial charge in [0, 0.05) is 42.2 Å². The first kappa shape index (κ1) is 18.5. The molecule has 0 saturated carbocycles. The summed E-state index contributed by atoms with van der Waals surface area (Å²) in [7, 11) is 0. The molecule has 2 aliphatic rings. The summed E-state index contributed by atoms with van der Waals surface area (Å²) in [6.45, 7) is 3.71. The van der Waals surface area contributed by atoms with E-state index in [2.05, 4.69) is 9.88 Å². The van der Waals surface area contributed by atoms with Crippen molar-refractivity contribution in [3.63, 3.8) is 0 Å². The van der Waals surface area contributed by atoms with Gasteiger partial charge in [0.05, 0.1) is 5.56 Å². The highest BCUT2D eigenvalue weighted by Crippen LogP contribution is 2.43. The molecule has 0 spiro atoms. The zero-order chi connectivity index (χ0) is 20.7. The van der Waals surface area contributed by atoms with Gasteiger partial charge in [-0.05, 0) is 42.8 Å². The number of ether oxygens (including phenoxy) is 2. The third kappa shape index (κ3) is 3.25. The van der Waals surface area contributed by atoms with Crippen LogP contribution in [0.3, 0.4) is 0 Å². The minimum absolute atomic E-state index is 0.120. The molecule has 0 saturated heterocycles. The lowest BCUT2D eigenvalue weighted by molar-refractivity contribution is 0.0876. The number of pyridine rings is 1. The second kappa shape index (κ2) is 7.39. The number of carbonyl (C=O) groups is 1. The molecule has 0 bridgehead atoms. The number of carbonyl (C=O) groups excluding carboxylic acids is 1. The lowest BCUT2D eigenvalue weighted by Gasteiger charge is -2.30. The van der Waals surface area contributed by atoms with Crippen LogP contribution in [-0.4, -0.2) is 22.4 Å². The average Bonchev–Trinajstić information content (AvgIpc) is 3.06. The van der Waals surface area contributed by atoms with Gasteiger partial charge >= 0.3 is 0 Å². The molecule has 3 heterocycles. The van der Waals surface area contributed by atoms with Gasteiger partial charge in [-0.15, -0.1) is 0 Å². The molecule has 2 aliphatic heterocycles. The van der Waals surface area contributed by atoms with Crippen LogP contribution in [0.2, 0.25) is 0 Å². The number of benzene rings is 2. The molecule has 0 unspecified atom stereocenters. The van der Waals surface area contributed by atoms with Crippen LogP contribution in [0.25, 0.3) is 6.08 Å². The number of fused-ring (bicyclic) bond motifs is 2. The van der Waals surface area contributed by atoms with E-state index in [9.17, 15) is 9.18 Å². The van der Waals surface area contributed by atoms with E-state index in [1.807, 2.05) is 25.1 Å². The van der Waals surface area contributed by atoms with Crippen LogP contribution >= 0.6 is 0 Å². The largest absolute Gasteiger partial charge is 0.477 e. The summed E-state index contributed by atoms with van der Waals surface area (Å²) in [6.07, 6.45) is 4.99. The topological polar surface area (TPSA) is 51.7 Å². The van der Waals surface area contributed by atoms with Gasteiger partial charge in [0.15, 0.2) is 5.76 Å². The molecule has 3 aromatic rings. The smallest absolute Gasteiger partial charge is 0.231 e. The Balaban J connectivity index is 1.44. The third-order valence-corrected chi connectivity index (χ3v) is 5.35. The summed E-state index contributed by atoms with van der Waals surface area (Å²) < 4.78 is 25.9. The van der Waals surface area contributed by atoms with Gasteiger partial charge in [-0.2, -0.15) is 0 Å². The number of hydrogen-bond donors (Lipinski definition) is 0. The maximum absolute atomic E-state index is 14.0. The predicted octanol–water partition coefficient (Wildman–Crippen LogP) is 4.50. The molecular weight excluding hydrogens is 383 g/mol. The molecule has 0 N–H and O–H groups in total. The summed E-state index contributed by atoms with van der Waals surface area (Å²) in [6, 6.07) is 12.1. The summed E-state index contributed by atoms with van der Waals surface area (Å²) >= 11 is 0. The summed E-state index contributed by atoms with van der Waals surface area (Å²) in [5, 5.41) is 0. The van der Waals surface area contributed by atoms with Crippen LogP contribution < -0.4 is 9.47 Å². The number of aromatic nitrogens is 1. The minimum atomic E-state index is -0.400. The van der Waals surface area contributed by atoms with E-state index < -0.39 is 5.82 Å². The van der Waals surface area contributed by atoms with Crippen molar-refractivity contribution in [2.45, 2.75) is 20.0 Å². The quantitative estimate of drug-likeness (QED) is 0.604. The van der Waals surface area contributed by atoms with Crippen molar-refractivity contribution in [3.05, 3.63) is 94.3 Å². The second-order valence-corrected chi connectivity index (χ2v) is 7.44. The van der Waals surface area contributed by atoms with Crippen molar-refractivity contribution in [1.29, 1.82) is 0 Å². The number of nitrogens with zero attached hydrogens (tertiary/aromatic N) is 2. The van der Waals surface area contributed by atoms with Crippen molar-refractivity contribution in [1.82, 2.24) is 9.88 Å². The molecule has 6 heteroatoms. The van der Waals surface area contributed by atoms with Gasteiger partial charge in [-0.25, -0.2) is 4.39 Å². The Hall–Kier alpha value is -3.51. The van der Waals surface area contributed by atoms with E-state index in [-0.39, 0.29) is 11.5 Å². The molecule has 0 atom stereocenters. The maximum Gasteiger partial charge on any atom is 0.231 e. The lowest BCUT2D eigenvalue weighted by atomic mass is 10.00. The van der Waals surface area contributed by atoms with Gasteiger partial charge in [0.25, 0.3) is 0 Å². The first-order valence-electron chi connectivity index (χ1n) is 9.69. The number of hydrogen-bond acceptors (Lipinski definition) is 5. The fourth-order valence-electron chi connectivity index (χ4n) is 3.88. The molecule has 30 heavy (non-hydrogen) atoms. The van der Waals surface area contributed by atoms with Crippen molar-refractivity contribution in [3.8, 4) is 11.5 Å². The zero-order valence-electron chi connectivity index (χ0n) is 16.4. The summed E-state index contributed by atoms with van der Waals surface area (Å²) in [4.78, 5) is 19.1. The third-order valence-electron chi connectivity index (χ3n) is 5.35. The molecule has 5 nitrogen and oxygen atoms in total. The Morgan fingerprint density at radius 2 is 1.97 bits per heavy atom. The lowest BCUT2D eigenvalue weighted by Crippen LogP contribution is -2.32. The molecule has 5 rings (SSSR count). The van der Waals surface area contributed by atoms with Gasteiger partial charge in [-0.1, -0.05) is 18.2 Å². The zero-order valence-corrected chi connectivity index (χ0v) is 16.4. The van der Waals surface area contributed by atoms with E-state index >= 15 is 0 Å². The van der Waals surface area contributed by atoms with Crippen LogP contribution in [0.1, 0.15) is 32.6 Å². The Morgan fingerprint density at radius 3 is 2.77 bits per heavy atom. The molecular formula is C24H19FN2O3. The first-order chi connectivity index (χ1) is 14.6. The number of allylic oxidation sites excluding steroid dienone is 1. The Morgan fingerprint density at radius 1 is 1.17 bits per heavy atom. The van der Waals surface area contributed by atoms with Gasteiger partial charge in [0.2, 0.25) is 5.78 Å². The molecule has 150 valence electrons. The monoisotopic (exact) mass is 402 g/mol. The minimum Gasteiger partial charge on any atom is -0.477 e. The van der Waals surface area contributed by atoms with Crippen molar-refractivity contribution < 1.29 is 18.7 Å². The van der Waals surface area contributed by atoms with E-state index in [1.165, 1.54) is 12.1 Å². The van der Waals surface area contributed by atoms with Crippen LogP contribution in [0.4, 0.5) is 4.39 Å². The van der Waals surface area contributed by atoms with E-state index in [4.69, 9.17) is 9.47 Å². The predicted molar refractivity (Wildman–Crippen MR) is 109 cm³/mol. The van der Waals surface area contributed by atoms with Gasteiger partial charge < -0.3 is 9.47 Å². The van der Waals surface area contributed by atoms with Crippen molar-refractivity contribution >= 4 is 11.9 Å². The summed E-state index contributed by atoms with van der Waals surface area (Å²) in [5.74, 6) is 0.714. The number of rotatable bonds is 3. The fourth-order valence-corrected chi connectivity index (χ4v) is 3.88. The standard InChI is InChI=1S/C24H19FN2O3/c1-15-23-18(13-27(14-29-23)12-16-6-8-26-9-7-16)10-19-22(28)21(30-24(15)19)11-17-4-2-3-5-20(17)25/h2-11H,12-14H2,1H3/b21-11-. The van der Waals surface area contributed by atoms with Crippen molar-refractivity contribution in [2.75, 3.05) is 6.73 Å². The molecule has 0 amide bonds. The van der Waals surface area contributed by atoms with E-state index in [1.54, 1.807) is 30.6 Å². The van der Waals surface area contributed by atoms with E-state index in [0.717, 1.165) is 29.0 Å². The molecule has 2 aromatic carbocycles. The number of halogens is 1. The highest BCUT2D eigenvalue weighted by Gasteiger charge is 2.33. The molecule has 0 aliphatic carbocycles. The van der Waals surface area contributed by atoms with E-state index in [0.29, 0.717) is 30.2 Å².